The van der Waals surface area contributed by atoms with E-state index >= 15 is 0 Å². The molecule has 2 nitrogen and oxygen atoms in total. The molecular formula is C22H28N2. The van der Waals surface area contributed by atoms with E-state index in [-0.39, 0.29) is 5.41 Å². The Bertz CT molecular complexity index is 649. The van der Waals surface area contributed by atoms with Crippen LogP contribution in [0.4, 0.5) is 0 Å². The van der Waals surface area contributed by atoms with E-state index in [1.165, 1.54) is 38.8 Å². The summed E-state index contributed by atoms with van der Waals surface area (Å²) < 4.78 is 0. The van der Waals surface area contributed by atoms with Crippen LogP contribution in [0.3, 0.4) is 0 Å². The monoisotopic (exact) mass is 320 g/mol. The van der Waals surface area contributed by atoms with Crippen molar-refractivity contribution in [3.8, 4) is 0 Å². The largest absolute Gasteiger partial charge is 0.330 e. The number of benzene rings is 2. The SMILES string of the molecule is NCCCN1CCC2(CC1)c1ccccc1CCc1ccccc12. The number of piperidine rings is 1. The molecule has 2 heteroatoms. The van der Waals surface area contributed by atoms with E-state index in [2.05, 4.69) is 53.4 Å². The van der Waals surface area contributed by atoms with Gasteiger partial charge in [-0.05, 0) is 80.5 Å². The molecule has 0 saturated carbocycles. The lowest BCUT2D eigenvalue weighted by molar-refractivity contribution is 0.178. The average molecular weight is 320 g/mol. The van der Waals surface area contributed by atoms with Crippen LogP contribution in [0.15, 0.2) is 48.5 Å². The van der Waals surface area contributed by atoms with Crippen LogP contribution in [0.1, 0.15) is 41.5 Å². The smallest absolute Gasteiger partial charge is 0.0232 e. The Labute approximate surface area is 145 Å². The van der Waals surface area contributed by atoms with Gasteiger partial charge < -0.3 is 10.6 Å². The molecule has 0 aromatic heterocycles. The van der Waals surface area contributed by atoms with Crippen molar-refractivity contribution in [1.29, 1.82) is 0 Å². The zero-order chi connectivity index (χ0) is 16.4. The highest BCUT2D eigenvalue weighted by Crippen LogP contribution is 2.46. The Morgan fingerprint density at radius 3 is 1.92 bits per heavy atom. The average Bonchev–Trinajstić information content (AvgIpc) is 2.78. The van der Waals surface area contributed by atoms with E-state index in [4.69, 9.17) is 5.73 Å². The Kier molecular flexibility index (Phi) is 4.43. The molecule has 0 atom stereocenters. The molecule has 2 aromatic rings. The normalized spacial score (nSPS) is 19.5. The van der Waals surface area contributed by atoms with Gasteiger partial charge in [-0.2, -0.15) is 0 Å². The minimum absolute atomic E-state index is 0.211. The molecule has 1 fully saturated rings. The van der Waals surface area contributed by atoms with Crippen molar-refractivity contribution in [1.82, 2.24) is 4.90 Å². The van der Waals surface area contributed by atoms with E-state index in [1.807, 2.05) is 0 Å². The first-order valence-electron chi connectivity index (χ1n) is 9.43. The van der Waals surface area contributed by atoms with Crippen molar-refractivity contribution in [3.63, 3.8) is 0 Å². The van der Waals surface area contributed by atoms with Gasteiger partial charge in [0.2, 0.25) is 0 Å². The number of nitrogens with zero attached hydrogens (tertiary/aromatic N) is 1. The maximum Gasteiger partial charge on any atom is 0.0232 e. The number of likely N-dealkylation sites (tertiary alicyclic amines) is 1. The second-order valence-electron chi connectivity index (χ2n) is 7.38. The third kappa shape index (κ3) is 2.68. The highest BCUT2D eigenvalue weighted by atomic mass is 15.1. The summed E-state index contributed by atoms with van der Waals surface area (Å²) in [4.78, 5) is 2.61. The number of aryl methyl sites for hydroxylation is 2. The molecular weight excluding hydrogens is 292 g/mol. The van der Waals surface area contributed by atoms with Crippen molar-refractivity contribution in [2.24, 2.45) is 5.73 Å². The molecule has 1 aliphatic heterocycles. The third-order valence-corrected chi connectivity index (χ3v) is 6.12. The Morgan fingerprint density at radius 2 is 1.38 bits per heavy atom. The molecule has 1 spiro atoms. The van der Waals surface area contributed by atoms with Gasteiger partial charge in [-0.3, -0.25) is 0 Å². The minimum atomic E-state index is 0.211. The molecule has 2 aliphatic rings. The van der Waals surface area contributed by atoms with Gasteiger partial charge in [0.1, 0.15) is 0 Å². The van der Waals surface area contributed by atoms with E-state index in [0.717, 1.165) is 19.5 Å². The third-order valence-electron chi connectivity index (χ3n) is 6.12. The predicted octanol–water partition coefficient (Wildman–Crippen LogP) is 3.52. The first kappa shape index (κ1) is 15.9. The Balaban J connectivity index is 1.74. The van der Waals surface area contributed by atoms with Crippen LogP contribution in [-0.4, -0.2) is 31.1 Å². The summed E-state index contributed by atoms with van der Waals surface area (Å²) >= 11 is 0. The van der Waals surface area contributed by atoms with Crippen molar-refractivity contribution >= 4 is 0 Å². The fourth-order valence-electron chi connectivity index (χ4n) is 4.84. The predicted molar refractivity (Wildman–Crippen MR) is 100 cm³/mol. The Hall–Kier alpha value is -1.64. The standard InChI is InChI=1S/C22H28N2/c23-14-5-15-24-16-12-22(13-17-24)20-8-3-1-6-18(20)10-11-19-7-2-4-9-21(19)22/h1-4,6-9H,5,10-17,23H2. The summed E-state index contributed by atoms with van der Waals surface area (Å²) in [7, 11) is 0. The van der Waals surface area contributed by atoms with Crippen molar-refractivity contribution in [3.05, 3.63) is 70.8 Å². The number of hydrogen-bond acceptors (Lipinski definition) is 2. The second kappa shape index (κ2) is 6.70. The van der Waals surface area contributed by atoms with Crippen LogP contribution in [0.5, 0.6) is 0 Å². The van der Waals surface area contributed by atoms with Gasteiger partial charge in [0.25, 0.3) is 0 Å². The van der Waals surface area contributed by atoms with Crippen molar-refractivity contribution < 1.29 is 0 Å². The Morgan fingerprint density at radius 1 is 0.833 bits per heavy atom. The molecule has 1 saturated heterocycles. The summed E-state index contributed by atoms with van der Waals surface area (Å²) in [6.45, 7) is 4.31. The molecule has 0 amide bonds. The molecule has 1 heterocycles. The summed E-state index contributed by atoms with van der Waals surface area (Å²) in [5, 5.41) is 0. The molecule has 126 valence electrons. The summed E-state index contributed by atoms with van der Waals surface area (Å²) in [6, 6.07) is 18.4. The van der Waals surface area contributed by atoms with E-state index < -0.39 is 0 Å². The van der Waals surface area contributed by atoms with E-state index in [1.54, 1.807) is 22.3 Å². The summed E-state index contributed by atoms with van der Waals surface area (Å²) in [6.07, 6.45) is 5.91. The molecule has 0 bridgehead atoms. The first-order valence-corrected chi connectivity index (χ1v) is 9.43. The number of hydrogen-bond donors (Lipinski definition) is 1. The van der Waals surface area contributed by atoms with Crippen LogP contribution in [0, 0.1) is 0 Å². The zero-order valence-electron chi connectivity index (χ0n) is 14.5. The maximum atomic E-state index is 5.70. The number of nitrogens with two attached hydrogens (primary N) is 1. The van der Waals surface area contributed by atoms with Gasteiger partial charge in [0.15, 0.2) is 0 Å². The zero-order valence-corrected chi connectivity index (χ0v) is 14.5. The van der Waals surface area contributed by atoms with Gasteiger partial charge in [-0.15, -0.1) is 0 Å². The summed E-state index contributed by atoms with van der Waals surface area (Å²) in [5.74, 6) is 0. The lowest BCUT2D eigenvalue weighted by atomic mass is 9.66. The van der Waals surface area contributed by atoms with Gasteiger partial charge in [-0.1, -0.05) is 48.5 Å². The van der Waals surface area contributed by atoms with E-state index in [0.29, 0.717) is 0 Å². The number of fused-ring (bicyclic) bond motifs is 4. The highest BCUT2D eigenvalue weighted by Gasteiger charge is 2.41. The van der Waals surface area contributed by atoms with Crippen LogP contribution >= 0.6 is 0 Å². The first-order chi connectivity index (χ1) is 11.8. The van der Waals surface area contributed by atoms with E-state index in [9.17, 15) is 0 Å². The highest BCUT2D eigenvalue weighted by molar-refractivity contribution is 5.50. The molecule has 0 unspecified atom stereocenters. The summed E-state index contributed by atoms with van der Waals surface area (Å²) in [5.41, 5.74) is 12.2. The van der Waals surface area contributed by atoms with Crippen LogP contribution in [-0.2, 0) is 18.3 Å². The molecule has 4 rings (SSSR count). The van der Waals surface area contributed by atoms with Gasteiger partial charge in [-0.25, -0.2) is 0 Å². The fraction of sp³-hybridized carbons (Fsp3) is 0.455. The molecule has 2 aromatic carbocycles. The van der Waals surface area contributed by atoms with Gasteiger partial charge >= 0.3 is 0 Å². The second-order valence-corrected chi connectivity index (χ2v) is 7.38. The molecule has 1 aliphatic carbocycles. The molecule has 0 radical (unpaired) electrons. The van der Waals surface area contributed by atoms with Gasteiger partial charge in [0.05, 0.1) is 0 Å². The van der Waals surface area contributed by atoms with Crippen molar-refractivity contribution in [2.75, 3.05) is 26.2 Å². The van der Waals surface area contributed by atoms with Gasteiger partial charge in [0, 0.05) is 5.41 Å². The van der Waals surface area contributed by atoms with Crippen LogP contribution < -0.4 is 5.73 Å². The lowest BCUT2D eigenvalue weighted by Crippen LogP contribution is -2.44. The van der Waals surface area contributed by atoms with Crippen LogP contribution in [0.25, 0.3) is 0 Å². The molecule has 24 heavy (non-hydrogen) atoms. The minimum Gasteiger partial charge on any atom is -0.330 e. The fourth-order valence-corrected chi connectivity index (χ4v) is 4.84. The lowest BCUT2D eigenvalue weighted by Gasteiger charge is -2.43. The topological polar surface area (TPSA) is 29.3 Å². The molecule has 2 N–H and O–H groups in total. The van der Waals surface area contributed by atoms with Crippen molar-refractivity contribution in [2.45, 2.75) is 37.5 Å². The number of rotatable bonds is 3. The maximum absolute atomic E-state index is 5.70. The quantitative estimate of drug-likeness (QED) is 0.937. The van der Waals surface area contributed by atoms with Crippen LogP contribution in [0.2, 0.25) is 0 Å².